The summed E-state index contributed by atoms with van der Waals surface area (Å²) in [5.74, 6) is 2.12. The molecule has 1 amide bonds. The molecule has 4 aromatic rings. The third-order valence-corrected chi connectivity index (χ3v) is 6.61. The normalized spacial score (nSPS) is 14.7. The molecule has 184 valence electrons. The van der Waals surface area contributed by atoms with Gasteiger partial charge in [0.2, 0.25) is 5.91 Å². The Bertz CT molecular complexity index is 1330. The SMILES string of the molecule is CNC(=O)C1CCNc2c(-c3ccc(OCc4ccc(C(C)C)cc4)cc3)c(-c3ccncc3)nn21. The lowest BCUT2D eigenvalue weighted by Crippen LogP contribution is -2.35. The van der Waals surface area contributed by atoms with Crippen LogP contribution in [0, 0.1) is 0 Å². The highest BCUT2D eigenvalue weighted by atomic mass is 16.5. The average molecular weight is 482 g/mol. The largest absolute Gasteiger partial charge is 0.489 e. The quantitative estimate of drug-likeness (QED) is 0.369. The molecule has 1 unspecified atom stereocenters. The molecule has 0 fully saturated rings. The number of anilines is 1. The van der Waals surface area contributed by atoms with Crippen molar-refractivity contribution in [2.45, 2.75) is 38.8 Å². The Kier molecular flexibility index (Phi) is 6.71. The summed E-state index contributed by atoms with van der Waals surface area (Å²) in [6.45, 7) is 5.60. The Balaban J connectivity index is 1.44. The lowest BCUT2D eigenvalue weighted by Gasteiger charge is -2.25. The zero-order chi connectivity index (χ0) is 25.1. The highest BCUT2D eigenvalue weighted by Crippen LogP contribution is 2.41. The lowest BCUT2D eigenvalue weighted by molar-refractivity contribution is -0.124. The number of benzene rings is 2. The smallest absolute Gasteiger partial charge is 0.244 e. The van der Waals surface area contributed by atoms with E-state index in [0.29, 0.717) is 25.5 Å². The van der Waals surface area contributed by atoms with E-state index in [-0.39, 0.29) is 11.9 Å². The molecule has 1 atom stereocenters. The molecule has 2 aromatic carbocycles. The second-order valence-electron chi connectivity index (χ2n) is 9.31. The van der Waals surface area contributed by atoms with E-state index in [9.17, 15) is 4.79 Å². The maximum atomic E-state index is 12.6. The zero-order valence-electron chi connectivity index (χ0n) is 20.9. The number of fused-ring (bicyclic) bond motifs is 1. The van der Waals surface area contributed by atoms with Gasteiger partial charge in [0.05, 0.1) is 5.56 Å². The number of hydrogen-bond acceptors (Lipinski definition) is 5. The van der Waals surface area contributed by atoms with Crippen LogP contribution in [-0.2, 0) is 11.4 Å². The number of pyridine rings is 1. The molecule has 1 aliphatic rings. The van der Waals surface area contributed by atoms with Crippen LogP contribution in [0.1, 0.15) is 43.4 Å². The van der Waals surface area contributed by atoms with Gasteiger partial charge in [0.15, 0.2) is 0 Å². The molecule has 5 rings (SSSR count). The molecule has 7 heteroatoms. The first-order valence-electron chi connectivity index (χ1n) is 12.4. The topological polar surface area (TPSA) is 81.1 Å². The van der Waals surface area contributed by atoms with E-state index in [1.54, 1.807) is 19.4 Å². The third-order valence-electron chi connectivity index (χ3n) is 6.61. The van der Waals surface area contributed by atoms with Gasteiger partial charge >= 0.3 is 0 Å². The zero-order valence-corrected chi connectivity index (χ0v) is 20.9. The molecule has 0 bridgehead atoms. The van der Waals surface area contributed by atoms with Gasteiger partial charge in [0.1, 0.15) is 29.9 Å². The summed E-state index contributed by atoms with van der Waals surface area (Å²) < 4.78 is 7.88. The number of aromatic nitrogens is 3. The maximum Gasteiger partial charge on any atom is 0.244 e. The van der Waals surface area contributed by atoms with Crippen LogP contribution in [0.3, 0.4) is 0 Å². The fourth-order valence-corrected chi connectivity index (χ4v) is 4.56. The molecule has 0 aliphatic carbocycles. The summed E-state index contributed by atoms with van der Waals surface area (Å²) in [7, 11) is 1.66. The van der Waals surface area contributed by atoms with E-state index in [4.69, 9.17) is 9.84 Å². The average Bonchev–Trinajstić information content (AvgIpc) is 3.32. The third kappa shape index (κ3) is 4.69. The van der Waals surface area contributed by atoms with Gasteiger partial charge in [-0.15, -0.1) is 0 Å². The van der Waals surface area contributed by atoms with Crippen molar-refractivity contribution in [2.75, 3.05) is 18.9 Å². The molecule has 36 heavy (non-hydrogen) atoms. The Morgan fingerprint density at radius 1 is 1.06 bits per heavy atom. The van der Waals surface area contributed by atoms with E-state index < -0.39 is 0 Å². The highest BCUT2D eigenvalue weighted by molar-refractivity contribution is 5.91. The van der Waals surface area contributed by atoms with Crippen molar-refractivity contribution < 1.29 is 9.53 Å². The number of rotatable bonds is 7. The number of hydrogen-bond donors (Lipinski definition) is 2. The monoisotopic (exact) mass is 481 g/mol. The summed E-state index contributed by atoms with van der Waals surface area (Å²) in [6.07, 6.45) is 4.19. The minimum absolute atomic E-state index is 0.0433. The van der Waals surface area contributed by atoms with Crippen LogP contribution in [0.25, 0.3) is 22.4 Å². The fourth-order valence-electron chi connectivity index (χ4n) is 4.56. The van der Waals surface area contributed by atoms with Crippen LogP contribution in [0.5, 0.6) is 5.75 Å². The number of amides is 1. The molecule has 2 aromatic heterocycles. The van der Waals surface area contributed by atoms with Gasteiger partial charge in [0, 0.05) is 31.5 Å². The van der Waals surface area contributed by atoms with Crippen LogP contribution in [0.4, 0.5) is 5.82 Å². The van der Waals surface area contributed by atoms with Gasteiger partial charge in [-0.1, -0.05) is 50.2 Å². The predicted octanol–water partition coefficient (Wildman–Crippen LogP) is 5.42. The Morgan fingerprint density at radius 2 is 1.78 bits per heavy atom. The van der Waals surface area contributed by atoms with E-state index in [0.717, 1.165) is 39.5 Å². The van der Waals surface area contributed by atoms with Crippen LogP contribution in [-0.4, -0.2) is 34.3 Å². The van der Waals surface area contributed by atoms with Crippen molar-refractivity contribution in [1.29, 1.82) is 0 Å². The van der Waals surface area contributed by atoms with Gasteiger partial charge in [0.25, 0.3) is 0 Å². The van der Waals surface area contributed by atoms with Crippen molar-refractivity contribution in [3.8, 4) is 28.1 Å². The summed E-state index contributed by atoms with van der Waals surface area (Å²) in [5.41, 5.74) is 6.19. The van der Waals surface area contributed by atoms with Crippen LogP contribution in [0.15, 0.2) is 73.1 Å². The fraction of sp³-hybridized carbons (Fsp3) is 0.276. The number of nitrogens with zero attached hydrogens (tertiary/aromatic N) is 3. The first-order chi connectivity index (χ1) is 17.5. The van der Waals surface area contributed by atoms with E-state index in [2.05, 4.69) is 53.7 Å². The number of likely N-dealkylation sites (N-methyl/N-ethyl adjacent to an activating group) is 1. The van der Waals surface area contributed by atoms with Crippen molar-refractivity contribution in [2.24, 2.45) is 0 Å². The molecule has 0 radical (unpaired) electrons. The minimum atomic E-state index is -0.356. The Morgan fingerprint density at radius 3 is 2.44 bits per heavy atom. The molecule has 0 saturated carbocycles. The van der Waals surface area contributed by atoms with Gasteiger partial charge in [-0.25, -0.2) is 4.68 Å². The summed E-state index contributed by atoms with van der Waals surface area (Å²) >= 11 is 0. The summed E-state index contributed by atoms with van der Waals surface area (Å²) in [4.78, 5) is 16.7. The number of carbonyl (C=O) groups excluding carboxylic acids is 1. The number of ether oxygens (including phenoxy) is 1. The first kappa shape index (κ1) is 23.6. The Hall–Kier alpha value is -4.13. The highest BCUT2D eigenvalue weighted by Gasteiger charge is 2.31. The van der Waals surface area contributed by atoms with Crippen LogP contribution >= 0.6 is 0 Å². The van der Waals surface area contributed by atoms with E-state index in [1.165, 1.54) is 5.56 Å². The minimum Gasteiger partial charge on any atom is -0.489 e. The lowest BCUT2D eigenvalue weighted by atomic mass is 10.0. The van der Waals surface area contributed by atoms with Gasteiger partial charge < -0.3 is 15.4 Å². The Labute approximate surface area is 211 Å². The second-order valence-corrected chi connectivity index (χ2v) is 9.31. The van der Waals surface area contributed by atoms with Crippen molar-refractivity contribution in [3.63, 3.8) is 0 Å². The molecular weight excluding hydrogens is 450 g/mol. The van der Waals surface area contributed by atoms with Gasteiger partial charge in [-0.05, 0) is 53.3 Å². The van der Waals surface area contributed by atoms with Gasteiger partial charge in [-0.2, -0.15) is 5.10 Å². The standard InChI is InChI=1S/C29H31N5O2/c1-19(2)21-6-4-20(5-7-21)18-36-24-10-8-22(9-11-24)26-27(23-12-15-31-16-13-23)33-34-25(29(35)30-3)14-17-32-28(26)34/h4-13,15-16,19,25,32H,14,17-18H2,1-3H3,(H,30,35). The van der Waals surface area contributed by atoms with Crippen LogP contribution in [0.2, 0.25) is 0 Å². The van der Waals surface area contributed by atoms with Crippen molar-refractivity contribution >= 4 is 11.7 Å². The molecule has 7 nitrogen and oxygen atoms in total. The first-order valence-corrected chi connectivity index (χ1v) is 12.4. The number of carbonyl (C=O) groups is 1. The molecule has 3 heterocycles. The summed E-state index contributed by atoms with van der Waals surface area (Å²) in [6, 6.07) is 20.2. The summed E-state index contributed by atoms with van der Waals surface area (Å²) in [5, 5.41) is 11.1. The molecular formula is C29H31N5O2. The van der Waals surface area contributed by atoms with Crippen molar-refractivity contribution in [1.82, 2.24) is 20.1 Å². The molecule has 0 spiro atoms. The molecule has 2 N–H and O–H groups in total. The predicted molar refractivity (Wildman–Crippen MR) is 142 cm³/mol. The van der Waals surface area contributed by atoms with Crippen molar-refractivity contribution in [3.05, 3.63) is 84.2 Å². The van der Waals surface area contributed by atoms with E-state index >= 15 is 0 Å². The molecule has 1 aliphatic heterocycles. The van der Waals surface area contributed by atoms with Gasteiger partial charge in [-0.3, -0.25) is 9.78 Å². The molecule has 0 saturated heterocycles. The second kappa shape index (κ2) is 10.2. The number of nitrogens with one attached hydrogen (secondary N) is 2. The maximum absolute atomic E-state index is 12.6. The van der Waals surface area contributed by atoms with Crippen LogP contribution < -0.4 is 15.4 Å². The van der Waals surface area contributed by atoms with E-state index in [1.807, 2.05) is 41.1 Å².